The summed E-state index contributed by atoms with van der Waals surface area (Å²) in [7, 11) is 0. The Hall–Kier alpha value is -1.84. The highest BCUT2D eigenvalue weighted by molar-refractivity contribution is 5.59. The summed E-state index contributed by atoms with van der Waals surface area (Å²) in [4.78, 5) is 10.8. The molecule has 0 aliphatic rings. The van der Waals surface area contributed by atoms with Crippen molar-refractivity contribution in [2.45, 2.75) is 6.92 Å². The van der Waals surface area contributed by atoms with Crippen LogP contribution in [0.4, 0.5) is 4.39 Å². The van der Waals surface area contributed by atoms with Crippen LogP contribution in [0.25, 0.3) is 11.3 Å². The van der Waals surface area contributed by atoms with Gasteiger partial charge in [-0.25, -0.2) is 0 Å². The van der Waals surface area contributed by atoms with Crippen molar-refractivity contribution in [3.8, 4) is 11.3 Å². The topological polar surface area (TPSA) is 48.6 Å². The molecule has 3 nitrogen and oxygen atoms in total. The summed E-state index contributed by atoms with van der Waals surface area (Å²) in [6, 6.07) is 7.25. The van der Waals surface area contributed by atoms with E-state index in [0.717, 1.165) is 5.56 Å². The highest BCUT2D eigenvalue weighted by Gasteiger charge is 2.09. The molecular formula is C10H9FN2O. The molecule has 0 fully saturated rings. The number of hydrogen-bond donors (Lipinski definition) is 2. The van der Waals surface area contributed by atoms with Gasteiger partial charge in [0.1, 0.15) is 5.69 Å². The second-order valence-corrected chi connectivity index (χ2v) is 3.13. The second-order valence-electron chi connectivity index (χ2n) is 3.13. The average Bonchev–Trinajstić information content (AvgIpc) is 2.50. The van der Waals surface area contributed by atoms with E-state index >= 15 is 0 Å². The predicted octanol–water partition coefficient (Wildman–Crippen LogP) is 1.82. The number of aromatic nitrogens is 2. The van der Waals surface area contributed by atoms with Crippen LogP contribution in [0.2, 0.25) is 0 Å². The average molecular weight is 192 g/mol. The first-order chi connectivity index (χ1) is 6.68. The van der Waals surface area contributed by atoms with Gasteiger partial charge < -0.3 is 0 Å². The fourth-order valence-electron chi connectivity index (χ4n) is 1.26. The first-order valence-corrected chi connectivity index (χ1v) is 4.21. The minimum Gasteiger partial charge on any atom is -0.295 e. The molecule has 1 aromatic carbocycles. The summed E-state index contributed by atoms with van der Waals surface area (Å²) < 4.78 is 13.2. The monoisotopic (exact) mass is 192 g/mol. The Bertz CT molecular complexity index is 496. The Balaban J connectivity index is 2.55. The van der Waals surface area contributed by atoms with Gasteiger partial charge in [-0.1, -0.05) is 29.8 Å². The molecule has 1 aromatic heterocycles. The zero-order valence-electron chi connectivity index (χ0n) is 7.60. The fraction of sp³-hybridized carbons (Fsp3) is 0.100. The van der Waals surface area contributed by atoms with E-state index in [1.807, 2.05) is 19.1 Å². The van der Waals surface area contributed by atoms with Gasteiger partial charge in [0.05, 0.1) is 0 Å². The number of aryl methyl sites for hydroxylation is 1. The number of H-pyrrole nitrogens is 2. The molecule has 2 rings (SSSR count). The molecular weight excluding hydrogens is 183 g/mol. The van der Waals surface area contributed by atoms with E-state index in [0.29, 0.717) is 5.56 Å². The van der Waals surface area contributed by atoms with E-state index in [1.165, 1.54) is 0 Å². The van der Waals surface area contributed by atoms with E-state index < -0.39 is 11.4 Å². The summed E-state index contributed by atoms with van der Waals surface area (Å²) in [6.07, 6.45) is 0. The molecule has 2 aromatic rings. The van der Waals surface area contributed by atoms with Crippen LogP contribution in [0.3, 0.4) is 0 Å². The third kappa shape index (κ3) is 1.35. The van der Waals surface area contributed by atoms with Crippen molar-refractivity contribution in [3.63, 3.8) is 0 Å². The first-order valence-electron chi connectivity index (χ1n) is 4.21. The van der Waals surface area contributed by atoms with Crippen molar-refractivity contribution in [1.29, 1.82) is 0 Å². The van der Waals surface area contributed by atoms with E-state index in [4.69, 9.17) is 0 Å². The molecule has 0 spiro atoms. The highest BCUT2D eigenvalue weighted by atomic mass is 19.1. The van der Waals surface area contributed by atoms with E-state index in [1.54, 1.807) is 12.1 Å². The second kappa shape index (κ2) is 3.14. The van der Waals surface area contributed by atoms with Crippen molar-refractivity contribution in [3.05, 3.63) is 46.0 Å². The van der Waals surface area contributed by atoms with Crippen LogP contribution >= 0.6 is 0 Å². The molecule has 0 saturated heterocycles. The van der Waals surface area contributed by atoms with Crippen LogP contribution < -0.4 is 5.56 Å². The van der Waals surface area contributed by atoms with Gasteiger partial charge in [-0.05, 0) is 6.92 Å². The van der Waals surface area contributed by atoms with Crippen molar-refractivity contribution in [2.75, 3.05) is 0 Å². The third-order valence-electron chi connectivity index (χ3n) is 2.06. The Morgan fingerprint density at radius 3 is 2.29 bits per heavy atom. The smallest absolute Gasteiger partial charge is 0.295 e. The number of nitrogens with one attached hydrogen (secondary N) is 2. The molecule has 2 N–H and O–H groups in total. The number of benzene rings is 1. The van der Waals surface area contributed by atoms with Crippen LogP contribution in [0, 0.1) is 12.7 Å². The SMILES string of the molecule is Cc1ccc(-c2[nH][nH]c(=O)c2F)cc1. The lowest BCUT2D eigenvalue weighted by Gasteiger charge is -1.97. The van der Waals surface area contributed by atoms with Gasteiger partial charge >= 0.3 is 5.56 Å². The molecule has 4 heteroatoms. The van der Waals surface area contributed by atoms with Gasteiger partial charge in [0.15, 0.2) is 0 Å². The van der Waals surface area contributed by atoms with Gasteiger partial charge in [0, 0.05) is 5.56 Å². The maximum atomic E-state index is 13.2. The van der Waals surface area contributed by atoms with Crippen molar-refractivity contribution in [1.82, 2.24) is 10.2 Å². The zero-order valence-corrected chi connectivity index (χ0v) is 7.60. The Labute approximate surface area is 79.6 Å². The summed E-state index contributed by atoms with van der Waals surface area (Å²) in [5.74, 6) is -0.770. The van der Waals surface area contributed by atoms with Gasteiger partial charge in [-0.15, -0.1) is 0 Å². The van der Waals surface area contributed by atoms with Crippen LogP contribution in [0.5, 0.6) is 0 Å². The summed E-state index contributed by atoms with van der Waals surface area (Å²) in [6.45, 7) is 1.94. The lowest BCUT2D eigenvalue weighted by Crippen LogP contribution is -2.01. The van der Waals surface area contributed by atoms with E-state index in [-0.39, 0.29) is 5.69 Å². The summed E-state index contributed by atoms with van der Waals surface area (Å²) in [5, 5.41) is 4.69. The maximum Gasteiger partial charge on any atom is 0.300 e. The standard InChI is InChI=1S/C10H9FN2O/c1-6-2-4-7(5-3-6)9-8(11)10(14)13-12-9/h2-5H,1H3,(H2,12,13,14). The van der Waals surface area contributed by atoms with E-state index in [9.17, 15) is 9.18 Å². The lowest BCUT2D eigenvalue weighted by atomic mass is 10.1. The Morgan fingerprint density at radius 2 is 1.79 bits per heavy atom. The minimum absolute atomic E-state index is 0.204. The van der Waals surface area contributed by atoms with Crippen LogP contribution in [0.15, 0.2) is 29.1 Å². The fourth-order valence-corrected chi connectivity index (χ4v) is 1.26. The molecule has 0 aliphatic heterocycles. The molecule has 0 unspecified atom stereocenters. The van der Waals surface area contributed by atoms with Gasteiger partial charge in [0.25, 0.3) is 0 Å². The van der Waals surface area contributed by atoms with Crippen molar-refractivity contribution < 1.29 is 4.39 Å². The number of rotatable bonds is 1. The molecule has 72 valence electrons. The predicted molar refractivity (Wildman–Crippen MR) is 51.5 cm³/mol. The molecule has 0 saturated carbocycles. The highest BCUT2D eigenvalue weighted by Crippen LogP contribution is 2.17. The van der Waals surface area contributed by atoms with Crippen molar-refractivity contribution in [2.24, 2.45) is 0 Å². The Morgan fingerprint density at radius 1 is 1.14 bits per heavy atom. The number of hydrogen-bond acceptors (Lipinski definition) is 1. The van der Waals surface area contributed by atoms with Crippen LogP contribution in [-0.2, 0) is 0 Å². The largest absolute Gasteiger partial charge is 0.300 e. The normalized spacial score (nSPS) is 10.4. The van der Waals surface area contributed by atoms with Gasteiger partial charge in [-0.3, -0.25) is 15.0 Å². The molecule has 14 heavy (non-hydrogen) atoms. The van der Waals surface area contributed by atoms with Gasteiger partial charge in [-0.2, -0.15) is 4.39 Å². The number of halogens is 1. The first kappa shape index (κ1) is 8.74. The third-order valence-corrected chi connectivity index (χ3v) is 2.06. The summed E-state index contributed by atoms with van der Waals surface area (Å²) >= 11 is 0. The van der Waals surface area contributed by atoms with Crippen LogP contribution in [-0.4, -0.2) is 10.2 Å². The quantitative estimate of drug-likeness (QED) is 0.711. The molecule has 1 heterocycles. The van der Waals surface area contributed by atoms with Crippen LogP contribution in [0.1, 0.15) is 5.56 Å². The number of aromatic amines is 2. The van der Waals surface area contributed by atoms with E-state index in [2.05, 4.69) is 10.2 Å². The molecule has 0 radical (unpaired) electrons. The zero-order chi connectivity index (χ0) is 10.1. The molecule has 0 bridgehead atoms. The maximum absolute atomic E-state index is 13.2. The molecule has 0 amide bonds. The minimum atomic E-state index is -0.770. The Kier molecular flexibility index (Phi) is 1.96. The molecule has 0 aliphatic carbocycles. The van der Waals surface area contributed by atoms with Crippen molar-refractivity contribution >= 4 is 0 Å². The summed E-state index contributed by atoms with van der Waals surface area (Å²) in [5.41, 5.74) is 1.23. The van der Waals surface area contributed by atoms with Gasteiger partial charge in [0.2, 0.25) is 5.82 Å². The lowest BCUT2D eigenvalue weighted by molar-refractivity contribution is 0.621. The molecule has 0 atom stereocenters.